The third-order valence-electron chi connectivity index (χ3n) is 4.72. The third kappa shape index (κ3) is 3.33. The molecule has 2 aliphatic rings. The van der Waals surface area contributed by atoms with E-state index in [2.05, 4.69) is 53.5 Å². The summed E-state index contributed by atoms with van der Waals surface area (Å²) in [7, 11) is 4.49. The van der Waals surface area contributed by atoms with Gasteiger partial charge in [-0.15, -0.1) is 0 Å². The van der Waals surface area contributed by atoms with Gasteiger partial charge in [0.2, 0.25) is 0 Å². The number of likely N-dealkylation sites (tertiary alicyclic amines) is 1. The van der Waals surface area contributed by atoms with E-state index in [4.69, 9.17) is 0 Å². The zero-order chi connectivity index (χ0) is 13.9. The molecule has 2 fully saturated rings. The van der Waals surface area contributed by atoms with Crippen molar-refractivity contribution < 1.29 is 0 Å². The first-order valence-electron chi connectivity index (χ1n) is 7.96. The summed E-state index contributed by atoms with van der Waals surface area (Å²) in [6.45, 7) is 3.39. The van der Waals surface area contributed by atoms with E-state index in [0.717, 1.165) is 19.1 Å². The SMILES string of the molecule is CN(CC1CCCN1C)c1ccccc1CNC1CC1. The Morgan fingerprint density at radius 3 is 2.75 bits per heavy atom. The van der Waals surface area contributed by atoms with Gasteiger partial charge in [-0.1, -0.05) is 18.2 Å². The van der Waals surface area contributed by atoms with E-state index in [-0.39, 0.29) is 0 Å². The summed E-state index contributed by atoms with van der Waals surface area (Å²) in [5.74, 6) is 0. The fourth-order valence-corrected chi connectivity index (χ4v) is 3.20. The van der Waals surface area contributed by atoms with Gasteiger partial charge in [-0.3, -0.25) is 0 Å². The second-order valence-electron chi connectivity index (χ2n) is 6.44. The van der Waals surface area contributed by atoms with E-state index < -0.39 is 0 Å². The lowest BCUT2D eigenvalue weighted by molar-refractivity contribution is 0.314. The molecule has 1 aliphatic heterocycles. The van der Waals surface area contributed by atoms with Crippen LogP contribution in [0.1, 0.15) is 31.2 Å². The zero-order valence-corrected chi connectivity index (χ0v) is 12.8. The van der Waals surface area contributed by atoms with Gasteiger partial charge < -0.3 is 15.1 Å². The molecule has 0 radical (unpaired) electrons. The van der Waals surface area contributed by atoms with E-state index in [1.807, 2.05) is 0 Å². The predicted molar refractivity (Wildman–Crippen MR) is 85.2 cm³/mol. The summed E-state index contributed by atoms with van der Waals surface area (Å²) >= 11 is 0. The van der Waals surface area contributed by atoms with Crippen LogP contribution in [0.2, 0.25) is 0 Å². The standard InChI is InChI=1S/C17H27N3/c1-19-11-5-7-16(19)13-20(2)17-8-4-3-6-14(17)12-18-15-9-10-15/h3-4,6,8,15-16,18H,5,7,9-13H2,1-2H3. The van der Waals surface area contributed by atoms with Gasteiger partial charge in [0.15, 0.2) is 0 Å². The van der Waals surface area contributed by atoms with Crippen LogP contribution in [-0.2, 0) is 6.54 Å². The second kappa shape index (κ2) is 6.15. The Bertz CT molecular complexity index is 442. The molecule has 1 aromatic carbocycles. The van der Waals surface area contributed by atoms with Gasteiger partial charge in [0.1, 0.15) is 0 Å². The largest absolute Gasteiger partial charge is 0.373 e. The molecule has 1 aromatic rings. The Kier molecular flexibility index (Phi) is 4.27. The summed E-state index contributed by atoms with van der Waals surface area (Å²) in [5, 5.41) is 3.63. The van der Waals surface area contributed by atoms with Crippen LogP contribution in [0.4, 0.5) is 5.69 Å². The van der Waals surface area contributed by atoms with Crippen LogP contribution in [0.25, 0.3) is 0 Å². The molecule has 0 amide bonds. The van der Waals surface area contributed by atoms with Gasteiger partial charge in [0, 0.05) is 37.9 Å². The first kappa shape index (κ1) is 13.9. The number of para-hydroxylation sites is 1. The topological polar surface area (TPSA) is 18.5 Å². The highest BCUT2D eigenvalue weighted by Gasteiger charge is 2.23. The number of nitrogens with zero attached hydrogens (tertiary/aromatic N) is 2. The molecule has 3 rings (SSSR count). The summed E-state index contributed by atoms with van der Waals surface area (Å²) in [5.41, 5.74) is 2.82. The molecule has 1 unspecified atom stereocenters. The van der Waals surface area contributed by atoms with E-state index in [0.29, 0.717) is 6.04 Å². The van der Waals surface area contributed by atoms with Gasteiger partial charge in [0.25, 0.3) is 0 Å². The van der Waals surface area contributed by atoms with Gasteiger partial charge in [-0.25, -0.2) is 0 Å². The third-order valence-corrected chi connectivity index (χ3v) is 4.72. The normalized spacial score (nSPS) is 23.2. The molecule has 0 spiro atoms. The van der Waals surface area contributed by atoms with Crippen molar-refractivity contribution in [3.63, 3.8) is 0 Å². The first-order chi connectivity index (χ1) is 9.74. The number of likely N-dealkylation sites (N-methyl/N-ethyl adjacent to an activating group) is 2. The predicted octanol–water partition coefficient (Wildman–Crippen LogP) is 2.47. The van der Waals surface area contributed by atoms with E-state index in [1.165, 1.54) is 43.5 Å². The highest BCUT2D eigenvalue weighted by Crippen LogP contribution is 2.24. The van der Waals surface area contributed by atoms with E-state index in [9.17, 15) is 0 Å². The molecule has 110 valence electrons. The molecule has 3 nitrogen and oxygen atoms in total. The maximum Gasteiger partial charge on any atom is 0.0409 e. The Morgan fingerprint density at radius 2 is 2.05 bits per heavy atom. The van der Waals surface area contributed by atoms with Gasteiger partial charge in [0.05, 0.1) is 0 Å². The monoisotopic (exact) mass is 273 g/mol. The van der Waals surface area contributed by atoms with Crippen LogP contribution in [0.3, 0.4) is 0 Å². The van der Waals surface area contributed by atoms with Crippen molar-refractivity contribution in [1.29, 1.82) is 0 Å². The summed E-state index contributed by atoms with van der Waals surface area (Å²) in [6.07, 6.45) is 5.39. The smallest absolute Gasteiger partial charge is 0.0409 e. The van der Waals surface area contributed by atoms with E-state index >= 15 is 0 Å². The summed E-state index contributed by atoms with van der Waals surface area (Å²) < 4.78 is 0. The Labute approximate surface area is 123 Å². The maximum absolute atomic E-state index is 3.63. The number of hydrogen-bond acceptors (Lipinski definition) is 3. The summed E-state index contributed by atoms with van der Waals surface area (Å²) in [6, 6.07) is 10.3. The highest BCUT2D eigenvalue weighted by molar-refractivity contribution is 5.53. The molecule has 1 atom stereocenters. The maximum atomic E-state index is 3.63. The second-order valence-corrected chi connectivity index (χ2v) is 6.44. The van der Waals surface area contributed by atoms with Crippen molar-refractivity contribution in [3.05, 3.63) is 29.8 Å². The molecular weight excluding hydrogens is 246 g/mol. The van der Waals surface area contributed by atoms with Crippen LogP contribution < -0.4 is 10.2 Å². The lowest BCUT2D eigenvalue weighted by Gasteiger charge is -2.29. The van der Waals surface area contributed by atoms with Gasteiger partial charge in [-0.2, -0.15) is 0 Å². The number of rotatable bonds is 6. The Balaban J connectivity index is 1.64. The van der Waals surface area contributed by atoms with Gasteiger partial charge >= 0.3 is 0 Å². The molecule has 1 heterocycles. The lowest BCUT2D eigenvalue weighted by atomic mass is 10.1. The molecule has 0 aromatic heterocycles. The van der Waals surface area contributed by atoms with Crippen LogP contribution >= 0.6 is 0 Å². The fourth-order valence-electron chi connectivity index (χ4n) is 3.20. The van der Waals surface area contributed by atoms with Crippen LogP contribution in [0.15, 0.2) is 24.3 Å². The minimum absolute atomic E-state index is 0.712. The summed E-state index contributed by atoms with van der Waals surface area (Å²) in [4.78, 5) is 4.94. The highest BCUT2D eigenvalue weighted by atomic mass is 15.2. The fraction of sp³-hybridized carbons (Fsp3) is 0.647. The Morgan fingerprint density at radius 1 is 1.25 bits per heavy atom. The molecular formula is C17H27N3. The average Bonchev–Trinajstić information content (AvgIpc) is 3.21. The molecule has 3 heteroatoms. The van der Waals surface area contributed by atoms with Gasteiger partial charge in [-0.05, 0) is 50.9 Å². The minimum Gasteiger partial charge on any atom is -0.373 e. The molecule has 20 heavy (non-hydrogen) atoms. The number of nitrogens with one attached hydrogen (secondary N) is 1. The molecule has 0 bridgehead atoms. The minimum atomic E-state index is 0.712. The van der Waals surface area contributed by atoms with Crippen molar-refractivity contribution >= 4 is 5.69 Å². The van der Waals surface area contributed by atoms with Crippen LogP contribution in [0, 0.1) is 0 Å². The Hall–Kier alpha value is -1.06. The van der Waals surface area contributed by atoms with Crippen LogP contribution in [-0.4, -0.2) is 44.2 Å². The van der Waals surface area contributed by atoms with Crippen molar-refractivity contribution in [2.45, 2.75) is 44.3 Å². The average molecular weight is 273 g/mol. The lowest BCUT2D eigenvalue weighted by Crippen LogP contribution is -2.37. The first-order valence-corrected chi connectivity index (χ1v) is 7.96. The quantitative estimate of drug-likeness (QED) is 0.859. The zero-order valence-electron chi connectivity index (χ0n) is 12.8. The van der Waals surface area contributed by atoms with E-state index in [1.54, 1.807) is 0 Å². The van der Waals surface area contributed by atoms with Crippen molar-refractivity contribution in [2.24, 2.45) is 0 Å². The van der Waals surface area contributed by atoms with Crippen molar-refractivity contribution in [2.75, 3.05) is 32.1 Å². The molecule has 1 saturated carbocycles. The molecule has 1 aliphatic carbocycles. The molecule has 1 saturated heterocycles. The number of benzene rings is 1. The van der Waals surface area contributed by atoms with Crippen molar-refractivity contribution in [1.82, 2.24) is 10.2 Å². The van der Waals surface area contributed by atoms with Crippen LogP contribution in [0.5, 0.6) is 0 Å². The van der Waals surface area contributed by atoms with Crippen molar-refractivity contribution in [3.8, 4) is 0 Å². The number of anilines is 1. The molecule has 1 N–H and O–H groups in total. The number of hydrogen-bond donors (Lipinski definition) is 1.